The van der Waals surface area contributed by atoms with Crippen LogP contribution in [0.4, 0.5) is 0 Å². The number of nitrogens with zero attached hydrogens (tertiary/aromatic N) is 3. The maximum atomic E-state index is 12.9. The summed E-state index contributed by atoms with van der Waals surface area (Å²) in [5.74, 6) is -0.513. The summed E-state index contributed by atoms with van der Waals surface area (Å²) in [5, 5.41) is 1.31. The number of carbonyl (C=O) groups excluding carboxylic acids is 2. The molecule has 176 valence electrons. The van der Waals surface area contributed by atoms with Crippen molar-refractivity contribution < 1.29 is 18.0 Å². The second-order valence-corrected chi connectivity index (χ2v) is 11.8. The minimum Gasteiger partial charge on any atom is -0.344 e. The molecule has 1 aromatic heterocycles. The van der Waals surface area contributed by atoms with Gasteiger partial charge >= 0.3 is 0 Å². The van der Waals surface area contributed by atoms with E-state index in [-0.39, 0.29) is 22.6 Å². The lowest BCUT2D eigenvalue weighted by Gasteiger charge is -2.33. The molecule has 1 fully saturated rings. The molecule has 11 heteroatoms. The molecule has 3 rings (SSSR count). The molecule has 0 unspecified atom stereocenters. The van der Waals surface area contributed by atoms with Gasteiger partial charge in [-0.25, -0.2) is 8.42 Å². The number of benzene rings is 1. The Kier molecular flexibility index (Phi) is 8.16. The van der Waals surface area contributed by atoms with Gasteiger partial charge in [-0.05, 0) is 63.5 Å². The van der Waals surface area contributed by atoms with Crippen LogP contribution in [0.3, 0.4) is 0 Å². The number of hydrogen-bond donors (Lipinski definition) is 1. The summed E-state index contributed by atoms with van der Waals surface area (Å²) < 4.78 is 29.3. The number of sulfonamides is 1. The monoisotopic (exact) mass is 500 g/mol. The lowest BCUT2D eigenvalue weighted by atomic mass is 10.1. The van der Waals surface area contributed by atoms with Crippen molar-refractivity contribution in [3.63, 3.8) is 0 Å². The predicted molar refractivity (Wildman–Crippen MR) is 128 cm³/mol. The van der Waals surface area contributed by atoms with Crippen LogP contribution in [0, 0.1) is 0 Å². The third-order valence-electron chi connectivity index (χ3n) is 5.40. The summed E-state index contributed by atoms with van der Waals surface area (Å²) in [7, 11) is 1.80. The quantitative estimate of drug-likeness (QED) is 0.570. The lowest BCUT2D eigenvalue weighted by molar-refractivity contribution is -0.142. The number of piperidine rings is 1. The average molecular weight is 501 g/mol. The van der Waals surface area contributed by atoms with Gasteiger partial charge in [-0.3, -0.25) is 9.59 Å². The van der Waals surface area contributed by atoms with Gasteiger partial charge in [0.05, 0.1) is 6.54 Å². The number of nitrogens with one attached hydrogen (secondary N) is 1. The van der Waals surface area contributed by atoms with Crippen molar-refractivity contribution in [2.45, 2.75) is 29.5 Å². The van der Waals surface area contributed by atoms with E-state index in [4.69, 9.17) is 11.6 Å². The van der Waals surface area contributed by atoms with Crippen LogP contribution in [0.15, 0.2) is 28.5 Å². The van der Waals surface area contributed by atoms with Gasteiger partial charge in [-0.2, -0.15) is 4.72 Å². The van der Waals surface area contributed by atoms with Crippen LogP contribution in [0.5, 0.6) is 0 Å². The minimum atomic E-state index is -3.88. The zero-order valence-electron chi connectivity index (χ0n) is 18.5. The number of fused-ring (bicyclic) bond motifs is 1. The maximum absolute atomic E-state index is 12.9. The van der Waals surface area contributed by atoms with E-state index < -0.39 is 16.1 Å². The van der Waals surface area contributed by atoms with Crippen LogP contribution < -0.4 is 4.72 Å². The number of carbonyl (C=O) groups is 2. The van der Waals surface area contributed by atoms with Crippen LogP contribution in [-0.4, -0.2) is 88.3 Å². The molecular weight excluding hydrogens is 472 g/mol. The molecule has 2 amide bonds. The Morgan fingerprint density at radius 1 is 1.25 bits per heavy atom. The fraction of sp³-hybridized carbons (Fsp3) is 0.524. The Bertz CT molecular complexity index is 1090. The van der Waals surface area contributed by atoms with E-state index in [0.717, 1.165) is 34.4 Å². The molecule has 8 nitrogen and oxygen atoms in total. The number of rotatable bonds is 9. The van der Waals surface area contributed by atoms with Crippen LogP contribution in [-0.2, 0) is 19.6 Å². The van der Waals surface area contributed by atoms with Gasteiger partial charge in [0.1, 0.15) is 10.3 Å². The highest BCUT2D eigenvalue weighted by Crippen LogP contribution is 2.31. The maximum Gasteiger partial charge on any atom is 0.250 e. The second kappa shape index (κ2) is 10.5. The SMILES string of the molecule is CN(C)CCCN(C)C(=O)CN1CCC[C@H](NS(=O)(=O)c2cc3ccc(Cl)cc3s2)C1=O. The van der Waals surface area contributed by atoms with E-state index in [0.29, 0.717) is 31.0 Å². The molecule has 1 N–H and O–H groups in total. The van der Waals surface area contributed by atoms with Gasteiger partial charge < -0.3 is 14.7 Å². The Hall–Kier alpha value is -1.72. The average Bonchev–Trinajstić information content (AvgIpc) is 3.14. The standard InChI is InChI=1S/C21H29ClN4O4S2/c1-24(2)9-5-10-25(3)19(27)14-26-11-4-6-17(21(26)28)23-32(29,30)20-12-15-7-8-16(22)13-18(15)31-20/h7-8,12-13,17,23H,4-6,9-11,14H2,1-3H3/t17-/m0/s1. The number of halogens is 1. The summed E-state index contributed by atoms with van der Waals surface area (Å²) in [6, 6.07) is 5.89. The predicted octanol–water partition coefficient (Wildman–Crippen LogP) is 2.23. The van der Waals surface area contributed by atoms with Crippen LogP contribution >= 0.6 is 22.9 Å². The molecule has 1 aliphatic heterocycles. The molecular formula is C21H29ClN4O4S2. The third-order valence-corrected chi connectivity index (χ3v) is 8.68. The van der Waals surface area contributed by atoms with Crippen molar-refractivity contribution in [2.24, 2.45) is 0 Å². The first-order valence-electron chi connectivity index (χ1n) is 10.5. The first-order chi connectivity index (χ1) is 15.1. The van der Waals surface area contributed by atoms with Gasteiger partial charge in [0.25, 0.3) is 10.0 Å². The largest absolute Gasteiger partial charge is 0.344 e. The molecule has 2 heterocycles. The molecule has 0 bridgehead atoms. The van der Waals surface area contributed by atoms with Crippen molar-refractivity contribution in [1.82, 2.24) is 19.4 Å². The van der Waals surface area contributed by atoms with Gasteiger partial charge in [0.15, 0.2) is 0 Å². The zero-order valence-corrected chi connectivity index (χ0v) is 20.9. The normalized spacial score (nSPS) is 17.3. The van der Waals surface area contributed by atoms with E-state index >= 15 is 0 Å². The number of hydrogen-bond acceptors (Lipinski definition) is 6. The Balaban J connectivity index is 1.63. The highest BCUT2D eigenvalue weighted by Gasteiger charge is 2.34. The Morgan fingerprint density at radius 3 is 2.72 bits per heavy atom. The van der Waals surface area contributed by atoms with E-state index in [9.17, 15) is 18.0 Å². The summed E-state index contributed by atoms with van der Waals surface area (Å²) >= 11 is 7.11. The van der Waals surface area contributed by atoms with Gasteiger partial charge in [-0.1, -0.05) is 17.7 Å². The first kappa shape index (κ1) is 24.9. The Morgan fingerprint density at radius 2 is 2.00 bits per heavy atom. The van der Waals surface area contributed by atoms with Crippen LogP contribution in [0.25, 0.3) is 10.1 Å². The topological polar surface area (TPSA) is 90.0 Å². The molecule has 1 aromatic carbocycles. The third kappa shape index (κ3) is 6.20. The minimum absolute atomic E-state index is 0.0447. The lowest BCUT2D eigenvalue weighted by Crippen LogP contribution is -2.54. The highest BCUT2D eigenvalue weighted by molar-refractivity contribution is 7.91. The molecule has 1 saturated heterocycles. The van der Waals surface area contributed by atoms with Crippen LogP contribution in [0.1, 0.15) is 19.3 Å². The molecule has 32 heavy (non-hydrogen) atoms. The molecule has 0 spiro atoms. The second-order valence-electron chi connectivity index (χ2n) is 8.30. The molecule has 1 atom stereocenters. The Labute approximate surface area is 198 Å². The number of thiophene rings is 1. The fourth-order valence-corrected chi connectivity index (χ4v) is 6.51. The number of likely N-dealkylation sites (tertiary alicyclic amines) is 1. The summed E-state index contributed by atoms with van der Waals surface area (Å²) in [6.07, 6.45) is 1.86. The summed E-state index contributed by atoms with van der Waals surface area (Å²) in [6.45, 7) is 1.87. The number of likely N-dealkylation sites (N-methyl/N-ethyl adjacent to an activating group) is 1. The molecule has 1 aliphatic rings. The van der Waals surface area contributed by atoms with Crippen molar-refractivity contribution in [3.05, 3.63) is 29.3 Å². The van der Waals surface area contributed by atoms with Crippen LogP contribution in [0.2, 0.25) is 5.02 Å². The van der Waals surface area contributed by atoms with E-state index in [1.807, 2.05) is 19.0 Å². The van der Waals surface area contributed by atoms with Gasteiger partial charge in [0.2, 0.25) is 11.8 Å². The van der Waals surface area contributed by atoms with E-state index in [1.54, 1.807) is 36.2 Å². The van der Waals surface area contributed by atoms with Gasteiger partial charge in [-0.15, -0.1) is 11.3 Å². The molecule has 0 aliphatic carbocycles. The van der Waals surface area contributed by atoms with Crippen molar-refractivity contribution >= 4 is 54.9 Å². The van der Waals surface area contributed by atoms with E-state index in [2.05, 4.69) is 4.72 Å². The molecule has 2 aromatic rings. The highest BCUT2D eigenvalue weighted by atomic mass is 35.5. The fourth-order valence-electron chi connectivity index (χ4n) is 3.60. The first-order valence-corrected chi connectivity index (χ1v) is 13.1. The zero-order chi connectivity index (χ0) is 23.5. The van der Waals surface area contributed by atoms with Gasteiger partial charge in [0, 0.05) is 29.9 Å². The molecule has 0 radical (unpaired) electrons. The van der Waals surface area contributed by atoms with Crippen molar-refractivity contribution in [2.75, 3.05) is 47.3 Å². The molecule has 0 saturated carbocycles. The number of amides is 2. The summed E-state index contributed by atoms with van der Waals surface area (Å²) in [5.41, 5.74) is 0. The smallest absolute Gasteiger partial charge is 0.250 e. The van der Waals surface area contributed by atoms with Crippen molar-refractivity contribution in [3.8, 4) is 0 Å². The van der Waals surface area contributed by atoms with E-state index in [1.165, 1.54) is 4.90 Å². The van der Waals surface area contributed by atoms with Crippen molar-refractivity contribution in [1.29, 1.82) is 0 Å². The summed E-state index contributed by atoms with van der Waals surface area (Å²) in [4.78, 5) is 30.6.